The molecule has 2 aliphatic rings. The van der Waals surface area contributed by atoms with Crippen molar-refractivity contribution in [2.45, 2.75) is 12.5 Å². The van der Waals surface area contributed by atoms with E-state index < -0.39 is 0 Å². The lowest BCUT2D eigenvalue weighted by Gasteiger charge is -2.39. The Kier molecular flexibility index (Phi) is 5.50. The molecule has 0 saturated carbocycles. The van der Waals surface area contributed by atoms with Crippen LogP contribution in [0.2, 0.25) is 0 Å². The van der Waals surface area contributed by atoms with Gasteiger partial charge in [0, 0.05) is 48.2 Å². The zero-order valence-electron chi connectivity index (χ0n) is 16.7. The van der Waals surface area contributed by atoms with Crippen molar-refractivity contribution in [3.63, 3.8) is 0 Å². The summed E-state index contributed by atoms with van der Waals surface area (Å²) in [5.41, 5.74) is 2.43. The average molecular weight is 440 g/mol. The SMILES string of the molecule is O=C(CN1CCN(c2ccc(O)cc2)CC1)N1CCc2sccc2[C@@H]1c1cccs1. The Hall–Kier alpha value is -2.35. The Labute approximate surface area is 184 Å². The fourth-order valence-electron chi connectivity index (χ4n) is 4.45. The Morgan fingerprint density at radius 1 is 0.967 bits per heavy atom. The number of nitrogens with zero attached hydrogens (tertiary/aromatic N) is 3. The van der Waals surface area contributed by atoms with Gasteiger partial charge in [-0.1, -0.05) is 6.07 Å². The van der Waals surface area contributed by atoms with E-state index in [2.05, 4.69) is 43.7 Å². The van der Waals surface area contributed by atoms with E-state index in [1.54, 1.807) is 23.5 Å². The van der Waals surface area contributed by atoms with Crippen molar-refractivity contribution in [1.82, 2.24) is 9.80 Å². The highest BCUT2D eigenvalue weighted by atomic mass is 32.1. The molecule has 1 N–H and O–H groups in total. The van der Waals surface area contributed by atoms with Crippen molar-refractivity contribution in [3.05, 3.63) is 68.5 Å². The number of rotatable bonds is 4. The van der Waals surface area contributed by atoms with Gasteiger partial charge in [-0.25, -0.2) is 0 Å². The van der Waals surface area contributed by atoms with E-state index in [0.717, 1.165) is 44.8 Å². The molecule has 5 rings (SSSR count). The topological polar surface area (TPSA) is 47.0 Å². The van der Waals surface area contributed by atoms with E-state index in [-0.39, 0.29) is 11.9 Å². The average Bonchev–Trinajstić information content (AvgIpc) is 3.46. The van der Waals surface area contributed by atoms with Crippen LogP contribution in [0.1, 0.15) is 21.4 Å². The molecule has 1 saturated heterocycles. The molecule has 7 heteroatoms. The summed E-state index contributed by atoms with van der Waals surface area (Å²) in [6, 6.07) is 13.8. The number of phenols is 1. The summed E-state index contributed by atoms with van der Waals surface area (Å²) in [5, 5.41) is 13.7. The van der Waals surface area contributed by atoms with Gasteiger partial charge in [-0.3, -0.25) is 9.69 Å². The fraction of sp³-hybridized carbons (Fsp3) is 0.348. The summed E-state index contributed by atoms with van der Waals surface area (Å²) in [5.74, 6) is 0.516. The van der Waals surface area contributed by atoms with Gasteiger partial charge in [0.2, 0.25) is 5.91 Å². The molecule has 2 aliphatic heterocycles. The molecule has 1 atom stereocenters. The summed E-state index contributed by atoms with van der Waals surface area (Å²) >= 11 is 3.55. The number of piperazine rings is 1. The van der Waals surface area contributed by atoms with E-state index in [4.69, 9.17) is 0 Å². The van der Waals surface area contributed by atoms with Crippen LogP contribution in [0, 0.1) is 0 Å². The van der Waals surface area contributed by atoms with Gasteiger partial charge >= 0.3 is 0 Å². The number of anilines is 1. The smallest absolute Gasteiger partial charge is 0.237 e. The zero-order valence-corrected chi connectivity index (χ0v) is 18.4. The zero-order chi connectivity index (χ0) is 20.5. The van der Waals surface area contributed by atoms with E-state index >= 15 is 0 Å². The normalized spacial score (nSPS) is 19.7. The van der Waals surface area contributed by atoms with Crippen LogP contribution >= 0.6 is 22.7 Å². The van der Waals surface area contributed by atoms with Gasteiger partial charge in [0.25, 0.3) is 0 Å². The standard InChI is InChI=1S/C23H25N3O2S2/c27-18-5-3-17(4-6-18)25-12-10-24(11-13-25)16-22(28)26-9-7-20-19(8-15-30-20)23(26)21-2-1-14-29-21/h1-6,8,14-15,23,27H,7,9-13,16H2/t23-/m1/s1. The lowest BCUT2D eigenvalue weighted by molar-refractivity contribution is -0.134. The maximum atomic E-state index is 13.3. The molecule has 5 nitrogen and oxygen atoms in total. The molecule has 30 heavy (non-hydrogen) atoms. The third kappa shape index (κ3) is 3.85. The Morgan fingerprint density at radius 3 is 2.50 bits per heavy atom. The molecule has 0 aliphatic carbocycles. The van der Waals surface area contributed by atoms with Crippen LogP contribution in [-0.4, -0.2) is 60.1 Å². The lowest BCUT2D eigenvalue weighted by Crippen LogP contribution is -2.51. The summed E-state index contributed by atoms with van der Waals surface area (Å²) in [7, 11) is 0. The first kappa shape index (κ1) is 19.6. The molecule has 156 valence electrons. The number of hydrogen-bond donors (Lipinski definition) is 1. The monoisotopic (exact) mass is 439 g/mol. The van der Waals surface area contributed by atoms with E-state index in [1.807, 2.05) is 23.5 Å². The van der Waals surface area contributed by atoms with E-state index in [9.17, 15) is 9.90 Å². The Bertz CT molecular complexity index is 992. The number of phenolic OH excluding ortho intramolecular Hbond substituents is 1. The number of carbonyl (C=O) groups is 1. The molecule has 1 aromatic carbocycles. The van der Waals surface area contributed by atoms with Gasteiger partial charge in [-0.15, -0.1) is 22.7 Å². The first-order chi connectivity index (χ1) is 14.7. The number of benzene rings is 1. The summed E-state index contributed by atoms with van der Waals surface area (Å²) < 4.78 is 0. The van der Waals surface area contributed by atoms with Crippen molar-refractivity contribution in [3.8, 4) is 5.75 Å². The predicted octanol–water partition coefficient (Wildman–Crippen LogP) is 3.81. The third-order valence-corrected chi connectivity index (χ3v) is 7.97. The van der Waals surface area contributed by atoms with Crippen LogP contribution < -0.4 is 4.90 Å². The van der Waals surface area contributed by atoms with Crippen LogP contribution in [0.4, 0.5) is 5.69 Å². The second-order valence-electron chi connectivity index (χ2n) is 7.83. The highest BCUT2D eigenvalue weighted by Gasteiger charge is 2.34. The molecule has 2 aromatic heterocycles. The maximum Gasteiger partial charge on any atom is 0.237 e. The Morgan fingerprint density at radius 2 is 1.77 bits per heavy atom. The number of aromatic hydroxyl groups is 1. The molecule has 1 amide bonds. The molecule has 4 heterocycles. The fourth-order valence-corrected chi connectivity index (χ4v) is 6.21. The van der Waals surface area contributed by atoms with Gasteiger partial charge in [0.1, 0.15) is 5.75 Å². The van der Waals surface area contributed by atoms with Crippen molar-refractivity contribution >= 4 is 34.3 Å². The molecule has 0 radical (unpaired) electrons. The minimum Gasteiger partial charge on any atom is -0.508 e. The quantitative estimate of drug-likeness (QED) is 0.672. The molecular weight excluding hydrogens is 414 g/mol. The van der Waals surface area contributed by atoms with Crippen LogP contribution in [0.5, 0.6) is 5.75 Å². The highest BCUT2D eigenvalue weighted by Crippen LogP contribution is 2.39. The molecular formula is C23H25N3O2S2. The van der Waals surface area contributed by atoms with E-state index in [1.165, 1.54) is 15.3 Å². The number of fused-ring (bicyclic) bond motifs is 1. The number of carbonyl (C=O) groups excluding carboxylic acids is 1. The molecule has 3 aromatic rings. The van der Waals surface area contributed by atoms with Crippen molar-refractivity contribution in [2.24, 2.45) is 0 Å². The number of hydrogen-bond acceptors (Lipinski definition) is 6. The van der Waals surface area contributed by atoms with Gasteiger partial charge in [-0.05, 0) is 59.1 Å². The molecule has 1 fully saturated rings. The largest absolute Gasteiger partial charge is 0.508 e. The first-order valence-corrected chi connectivity index (χ1v) is 12.1. The van der Waals surface area contributed by atoms with Crippen LogP contribution in [0.15, 0.2) is 53.2 Å². The van der Waals surface area contributed by atoms with Crippen molar-refractivity contribution in [2.75, 3.05) is 44.2 Å². The van der Waals surface area contributed by atoms with E-state index in [0.29, 0.717) is 12.3 Å². The predicted molar refractivity (Wildman–Crippen MR) is 123 cm³/mol. The number of thiophene rings is 2. The second kappa shape index (κ2) is 8.41. The van der Waals surface area contributed by atoms with Crippen molar-refractivity contribution < 1.29 is 9.90 Å². The number of amides is 1. The third-order valence-electron chi connectivity index (χ3n) is 6.04. The summed E-state index contributed by atoms with van der Waals surface area (Å²) in [4.78, 5) is 22.7. The van der Waals surface area contributed by atoms with Gasteiger partial charge in [-0.2, -0.15) is 0 Å². The summed E-state index contributed by atoms with van der Waals surface area (Å²) in [6.07, 6.45) is 0.954. The molecule has 0 unspecified atom stereocenters. The van der Waals surface area contributed by atoms with Crippen LogP contribution in [0.25, 0.3) is 0 Å². The maximum absolute atomic E-state index is 13.3. The first-order valence-electron chi connectivity index (χ1n) is 10.3. The van der Waals surface area contributed by atoms with Gasteiger partial charge < -0.3 is 14.9 Å². The highest BCUT2D eigenvalue weighted by molar-refractivity contribution is 7.10. The van der Waals surface area contributed by atoms with Crippen LogP contribution in [-0.2, 0) is 11.2 Å². The van der Waals surface area contributed by atoms with Gasteiger partial charge in [0.05, 0.1) is 12.6 Å². The minimum atomic E-state index is 0.0609. The summed E-state index contributed by atoms with van der Waals surface area (Å²) in [6.45, 7) is 4.79. The minimum absolute atomic E-state index is 0.0609. The van der Waals surface area contributed by atoms with Crippen molar-refractivity contribution in [1.29, 1.82) is 0 Å². The molecule has 0 bridgehead atoms. The van der Waals surface area contributed by atoms with Gasteiger partial charge in [0.15, 0.2) is 0 Å². The Balaban J connectivity index is 1.25. The van der Waals surface area contributed by atoms with Crippen LogP contribution in [0.3, 0.4) is 0 Å². The molecule has 0 spiro atoms. The lowest BCUT2D eigenvalue weighted by atomic mass is 9.98. The second-order valence-corrected chi connectivity index (χ2v) is 9.81.